The van der Waals surface area contributed by atoms with Crippen molar-refractivity contribution in [3.05, 3.63) is 83.3 Å². The van der Waals surface area contributed by atoms with Crippen molar-refractivity contribution in [2.45, 2.75) is 72.4 Å². The van der Waals surface area contributed by atoms with Gasteiger partial charge in [0, 0.05) is 42.1 Å². The molecule has 6 rings (SSSR count). The number of aromatic nitrogens is 3. The maximum Gasteiger partial charge on any atom is 0.352 e. The lowest BCUT2D eigenvalue weighted by atomic mass is 9.98. The molecule has 43 heavy (non-hydrogen) atoms. The summed E-state index contributed by atoms with van der Waals surface area (Å²) in [6.45, 7) is 8.54. The Kier molecular flexibility index (Phi) is 9.82. The van der Waals surface area contributed by atoms with Crippen LogP contribution in [-0.2, 0) is 31.4 Å². The predicted octanol–water partition coefficient (Wildman–Crippen LogP) is 8.33. The zero-order valence-corrected chi connectivity index (χ0v) is 25.9. The van der Waals surface area contributed by atoms with Crippen molar-refractivity contribution in [2.75, 3.05) is 13.2 Å². The molecule has 0 bridgehead atoms. The van der Waals surface area contributed by atoms with Crippen molar-refractivity contribution < 1.29 is 19.4 Å². The van der Waals surface area contributed by atoms with Gasteiger partial charge in [0.2, 0.25) is 0 Å². The summed E-state index contributed by atoms with van der Waals surface area (Å²) in [5.74, 6) is -0.0533. The van der Waals surface area contributed by atoms with E-state index in [0.29, 0.717) is 44.9 Å². The van der Waals surface area contributed by atoms with Crippen LogP contribution < -0.4 is 4.74 Å². The second-order valence-corrected chi connectivity index (χ2v) is 11.2. The van der Waals surface area contributed by atoms with E-state index in [1.54, 1.807) is 0 Å². The van der Waals surface area contributed by atoms with Gasteiger partial charge in [0.05, 0.1) is 30.1 Å². The van der Waals surface area contributed by atoms with E-state index in [9.17, 15) is 9.90 Å². The molecular weight excluding hydrogens is 538 g/mol. The summed E-state index contributed by atoms with van der Waals surface area (Å²) >= 11 is 0. The fraction of sp³-hybridized carbons (Fsp3) is 0.389. The van der Waals surface area contributed by atoms with E-state index in [0.717, 1.165) is 61.9 Å². The molecule has 0 unspecified atom stereocenters. The number of para-hydroxylation sites is 1. The summed E-state index contributed by atoms with van der Waals surface area (Å²) in [5, 5.41) is 18.3. The summed E-state index contributed by atoms with van der Waals surface area (Å²) in [4.78, 5) is 12.7. The van der Waals surface area contributed by atoms with Crippen LogP contribution in [0.5, 0.6) is 5.75 Å². The van der Waals surface area contributed by atoms with Crippen LogP contribution in [0.3, 0.4) is 0 Å². The van der Waals surface area contributed by atoms with Gasteiger partial charge in [-0.1, -0.05) is 87.7 Å². The highest BCUT2D eigenvalue weighted by Crippen LogP contribution is 2.39. The van der Waals surface area contributed by atoms with E-state index in [4.69, 9.17) is 9.47 Å². The Bertz CT molecular complexity index is 1710. The van der Waals surface area contributed by atoms with Crippen LogP contribution in [0.4, 0.5) is 0 Å². The van der Waals surface area contributed by atoms with Gasteiger partial charge in [-0.3, -0.25) is 4.68 Å². The molecule has 226 valence electrons. The summed E-state index contributed by atoms with van der Waals surface area (Å²) in [6, 6.07) is 20.4. The van der Waals surface area contributed by atoms with Crippen molar-refractivity contribution in [3.63, 3.8) is 0 Å². The molecule has 0 saturated carbocycles. The number of rotatable bonds is 8. The first-order chi connectivity index (χ1) is 21.0. The lowest BCUT2D eigenvalue weighted by Crippen LogP contribution is -2.14. The average molecular weight is 582 g/mol. The zero-order chi connectivity index (χ0) is 30.3. The van der Waals surface area contributed by atoms with Gasteiger partial charge < -0.3 is 19.1 Å². The average Bonchev–Trinajstić information content (AvgIpc) is 3.48. The Labute approximate surface area is 254 Å². The number of carboxylic acids is 1. The fourth-order valence-corrected chi connectivity index (χ4v) is 6.22. The number of unbranched alkanes of at least 4 members (excludes halogenated alkanes) is 2. The van der Waals surface area contributed by atoms with E-state index in [-0.39, 0.29) is 0 Å². The van der Waals surface area contributed by atoms with Gasteiger partial charge in [-0.05, 0) is 43.2 Å². The first-order valence-corrected chi connectivity index (χ1v) is 15.5. The van der Waals surface area contributed by atoms with Gasteiger partial charge in [-0.25, -0.2) is 4.79 Å². The van der Waals surface area contributed by atoms with Crippen molar-refractivity contribution in [1.82, 2.24) is 14.3 Å². The Balaban J connectivity index is 0.000000682. The van der Waals surface area contributed by atoms with E-state index < -0.39 is 5.97 Å². The maximum absolute atomic E-state index is 12.7. The number of fused-ring (bicyclic) bond motifs is 3. The highest BCUT2D eigenvalue weighted by Gasteiger charge is 2.27. The van der Waals surface area contributed by atoms with Crippen molar-refractivity contribution >= 4 is 27.6 Å². The third kappa shape index (κ3) is 6.32. The van der Waals surface area contributed by atoms with Crippen molar-refractivity contribution in [2.24, 2.45) is 7.05 Å². The third-order valence-corrected chi connectivity index (χ3v) is 8.19. The highest BCUT2D eigenvalue weighted by molar-refractivity contribution is 6.04. The minimum Gasteiger partial charge on any atom is -0.493 e. The summed E-state index contributed by atoms with van der Waals surface area (Å²) in [6.07, 6.45) is 6.11. The Morgan fingerprint density at radius 3 is 2.51 bits per heavy atom. The maximum atomic E-state index is 12.7. The summed E-state index contributed by atoms with van der Waals surface area (Å²) in [5.41, 5.74) is 6.14. The summed E-state index contributed by atoms with van der Waals surface area (Å²) in [7, 11) is 1.93. The zero-order valence-electron chi connectivity index (χ0n) is 25.9. The van der Waals surface area contributed by atoms with Crippen LogP contribution >= 0.6 is 0 Å². The van der Waals surface area contributed by atoms with Gasteiger partial charge in [0.25, 0.3) is 0 Å². The number of carboxylic acid groups (broad SMARTS) is 1. The van der Waals surface area contributed by atoms with Crippen LogP contribution in [0, 0.1) is 6.92 Å². The first-order valence-electron chi connectivity index (χ1n) is 15.5. The van der Waals surface area contributed by atoms with E-state index in [1.807, 2.05) is 53.6 Å². The molecule has 7 nitrogen and oxygen atoms in total. The molecule has 3 aromatic carbocycles. The molecule has 2 aromatic heterocycles. The van der Waals surface area contributed by atoms with Crippen molar-refractivity contribution in [1.29, 1.82) is 0 Å². The van der Waals surface area contributed by atoms with Gasteiger partial charge in [-0.2, -0.15) is 5.10 Å². The molecule has 3 heterocycles. The van der Waals surface area contributed by atoms with Crippen LogP contribution in [0.15, 0.2) is 60.7 Å². The molecule has 0 atom stereocenters. The largest absolute Gasteiger partial charge is 0.493 e. The number of aromatic carboxylic acids is 1. The van der Waals surface area contributed by atoms with Crippen LogP contribution in [-0.4, -0.2) is 38.6 Å². The van der Waals surface area contributed by atoms with Gasteiger partial charge in [0.15, 0.2) is 0 Å². The number of ether oxygens (including phenoxy) is 2. The Morgan fingerprint density at radius 2 is 1.74 bits per heavy atom. The standard InChI is InChI=1S/C31H31N3O4.C5H12/c1-20-28-25-13-6-12-23-24(14-7-18-38-27-15-5-10-21-9-3-4-11-22(21)27)30(31(35)36)34(29(23)25)16-8-17-37-19-26(28)33(2)32-20;1-3-5-4-2/h3-6,9-13,15H,7-8,14,16-19H2,1-2H3,(H,35,36);3-5H2,1-2H3. The number of hydrogen-bond donors (Lipinski definition) is 1. The van der Waals surface area contributed by atoms with Crippen LogP contribution in [0.25, 0.3) is 32.8 Å². The topological polar surface area (TPSA) is 78.5 Å². The second-order valence-electron chi connectivity index (χ2n) is 11.2. The molecule has 0 amide bonds. The van der Waals surface area contributed by atoms with Gasteiger partial charge in [-0.15, -0.1) is 0 Å². The van der Waals surface area contributed by atoms with Crippen molar-refractivity contribution in [3.8, 4) is 16.9 Å². The molecular formula is C36H43N3O4. The lowest BCUT2D eigenvalue weighted by Gasteiger charge is -2.16. The monoisotopic (exact) mass is 581 g/mol. The molecule has 0 saturated heterocycles. The van der Waals surface area contributed by atoms with E-state index in [2.05, 4.69) is 49.3 Å². The minimum atomic E-state index is -0.904. The number of nitrogens with zero attached hydrogens (tertiary/aromatic N) is 3. The number of hydrogen-bond acceptors (Lipinski definition) is 4. The SMILES string of the molecule is CCCCC.Cc1nn(C)c2c1-c1cccc3c(CCCOc4cccc5ccccc45)c(C(=O)O)n(c13)CCCOC2. The summed E-state index contributed by atoms with van der Waals surface area (Å²) < 4.78 is 16.0. The van der Waals surface area contributed by atoms with E-state index in [1.165, 1.54) is 19.3 Å². The van der Waals surface area contributed by atoms with Crippen LogP contribution in [0.2, 0.25) is 0 Å². The molecule has 0 aliphatic carbocycles. The number of aryl methyl sites for hydroxylation is 4. The smallest absolute Gasteiger partial charge is 0.352 e. The quantitative estimate of drug-likeness (QED) is 0.186. The van der Waals surface area contributed by atoms with Crippen LogP contribution in [0.1, 0.15) is 73.4 Å². The third-order valence-electron chi connectivity index (χ3n) is 8.19. The second kappa shape index (κ2) is 13.9. The number of carbonyl (C=O) groups is 1. The van der Waals surface area contributed by atoms with Gasteiger partial charge >= 0.3 is 5.97 Å². The Hall–Kier alpha value is -4.10. The molecule has 5 aromatic rings. The predicted molar refractivity (Wildman–Crippen MR) is 173 cm³/mol. The molecule has 1 N–H and O–H groups in total. The molecule has 1 aliphatic rings. The Morgan fingerprint density at radius 1 is 1.00 bits per heavy atom. The molecule has 1 aliphatic heterocycles. The fourth-order valence-electron chi connectivity index (χ4n) is 6.22. The molecule has 0 spiro atoms. The highest BCUT2D eigenvalue weighted by atomic mass is 16.5. The number of benzene rings is 3. The van der Waals surface area contributed by atoms with E-state index >= 15 is 0 Å². The first kappa shape index (κ1) is 30.4. The normalized spacial score (nSPS) is 12.9. The minimum absolute atomic E-state index is 0.362. The van der Waals surface area contributed by atoms with Gasteiger partial charge in [0.1, 0.15) is 11.4 Å². The molecule has 7 heteroatoms. The lowest BCUT2D eigenvalue weighted by molar-refractivity contribution is 0.0681. The molecule has 0 radical (unpaired) electrons. The molecule has 0 fully saturated rings.